The molecule has 6 nitrogen and oxygen atoms in total. The molecule has 0 atom stereocenters. The van der Waals surface area contributed by atoms with Gasteiger partial charge >= 0.3 is 0 Å². The summed E-state index contributed by atoms with van der Waals surface area (Å²) in [6, 6.07) is 7.66. The van der Waals surface area contributed by atoms with E-state index >= 15 is 0 Å². The molecular formula is C11H9BrN6S. The summed E-state index contributed by atoms with van der Waals surface area (Å²) in [6.45, 7) is 1.95. The Hall–Kier alpha value is -1.80. The molecular weight excluding hydrogens is 328 g/mol. The van der Waals surface area contributed by atoms with Crippen LogP contribution < -0.4 is 5.43 Å². The lowest BCUT2D eigenvalue weighted by molar-refractivity contribution is 0.924. The van der Waals surface area contributed by atoms with Crippen LogP contribution in [0.5, 0.6) is 0 Å². The molecule has 0 fully saturated rings. The minimum absolute atomic E-state index is 0.641. The Kier molecular flexibility index (Phi) is 3.26. The van der Waals surface area contributed by atoms with E-state index in [4.69, 9.17) is 0 Å². The van der Waals surface area contributed by atoms with E-state index in [1.54, 1.807) is 22.2 Å². The zero-order valence-corrected chi connectivity index (χ0v) is 12.3. The normalized spacial score (nSPS) is 12.0. The molecule has 0 saturated carbocycles. The SMILES string of the molecule is CC(=NNc1ccc2nncn2n1)c1ccc(Br)s1. The predicted octanol–water partition coefficient (Wildman–Crippen LogP) is 2.78. The van der Waals surface area contributed by atoms with Gasteiger partial charge < -0.3 is 0 Å². The van der Waals surface area contributed by atoms with Crippen LogP contribution in [0.2, 0.25) is 0 Å². The van der Waals surface area contributed by atoms with Gasteiger partial charge in [0.2, 0.25) is 0 Å². The fourth-order valence-electron chi connectivity index (χ4n) is 1.49. The molecule has 0 radical (unpaired) electrons. The molecule has 0 unspecified atom stereocenters. The van der Waals surface area contributed by atoms with Gasteiger partial charge in [-0.25, -0.2) is 0 Å². The van der Waals surface area contributed by atoms with Crippen LogP contribution in [-0.2, 0) is 0 Å². The van der Waals surface area contributed by atoms with Crippen molar-refractivity contribution < 1.29 is 0 Å². The van der Waals surface area contributed by atoms with E-state index in [-0.39, 0.29) is 0 Å². The highest BCUT2D eigenvalue weighted by molar-refractivity contribution is 9.11. The summed E-state index contributed by atoms with van der Waals surface area (Å²) in [5.41, 5.74) is 4.53. The van der Waals surface area contributed by atoms with Crippen molar-refractivity contribution in [2.75, 3.05) is 5.43 Å². The Morgan fingerprint density at radius 2 is 2.26 bits per heavy atom. The highest BCUT2D eigenvalue weighted by atomic mass is 79.9. The summed E-state index contributed by atoms with van der Waals surface area (Å²) in [5.74, 6) is 0.641. The van der Waals surface area contributed by atoms with E-state index in [1.807, 2.05) is 31.2 Å². The number of anilines is 1. The lowest BCUT2D eigenvalue weighted by Crippen LogP contribution is -2.01. The fourth-order valence-corrected chi connectivity index (χ4v) is 2.82. The molecule has 0 aliphatic rings. The van der Waals surface area contributed by atoms with Crippen LogP contribution >= 0.6 is 27.3 Å². The van der Waals surface area contributed by atoms with Crippen LogP contribution in [0, 0.1) is 0 Å². The van der Waals surface area contributed by atoms with E-state index in [2.05, 4.69) is 41.8 Å². The average molecular weight is 337 g/mol. The standard InChI is InChI=1S/C11H9BrN6S/c1-7(8-2-3-9(12)19-8)14-15-10-4-5-11-16-13-6-18(11)17-10/h2-6H,1H3,(H,15,17). The quantitative estimate of drug-likeness (QED) is 0.589. The number of nitrogens with one attached hydrogen (secondary N) is 1. The summed E-state index contributed by atoms with van der Waals surface area (Å²) < 4.78 is 2.68. The Labute approximate surface area is 121 Å². The van der Waals surface area contributed by atoms with Crippen molar-refractivity contribution in [2.45, 2.75) is 6.92 Å². The second-order valence-electron chi connectivity index (χ2n) is 3.77. The maximum absolute atomic E-state index is 4.31. The Morgan fingerprint density at radius 1 is 1.37 bits per heavy atom. The molecule has 0 aliphatic carbocycles. The van der Waals surface area contributed by atoms with Crippen molar-refractivity contribution in [3.8, 4) is 0 Å². The van der Waals surface area contributed by atoms with Gasteiger partial charge in [0, 0.05) is 0 Å². The van der Waals surface area contributed by atoms with Gasteiger partial charge in [-0.3, -0.25) is 5.43 Å². The third-order valence-electron chi connectivity index (χ3n) is 2.43. The van der Waals surface area contributed by atoms with Crippen molar-refractivity contribution in [3.05, 3.63) is 39.3 Å². The predicted molar refractivity (Wildman–Crippen MR) is 78.6 cm³/mol. The third kappa shape index (κ3) is 2.64. The summed E-state index contributed by atoms with van der Waals surface area (Å²) in [5, 5.41) is 16.2. The maximum atomic E-state index is 4.31. The monoisotopic (exact) mass is 336 g/mol. The topological polar surface area (TPSA) is 67.5 Å². The lowest BCUT2D eigenvalue weighted by Gasteiger charge is -2.01. The Morgan fingerprint density at radius 3 is 3.05 bits per heavy atom. The lowest BCUT2D eigenvalue weighted by atomic mass is 10.3. The molecule has 3 heterocycles. The molecule has 96 valence electrons. The van der Waals surface area contributed by atoms with Crippen molar-refractivity contribution in [2.24, 2.45) is 5.10 Å². The number of fused-ring (bicyclic) bond motifs is 1. The van der Waals surface area contributed by atoms with Crippen molar-refractivity contribution in [3.63, 3.8) is 0 Å². The van der Waals surface area contributed by atoms with Crippen LogP contribution in [0.1, 0.15) is 11.8 Å². The van der Waals surface area contributed by atoms with Crippen LogP contribution in [-0.4, -0.2) is 25.5 Å². The second-order valence-corrected chi connectivity index (χ2v) is 6.23. The van der Waals surface area contributed by atoms with Gasteiger partial charge in [-0.15, -0.1) is 26.6 Å². The van der Waals surface area contributed by atoms with Gasteiger partial charge in [0.1, 0.15) is 6.33 Å². The second kappa shape index (κ2) is 5.06. The number of aromatic nitrogens is 4. The Bertz CT molecular complexity index is 746. The zero-order valence-electron chi connectivity index (χ0n) is 9.91. The summed E-state index contributed by atoms with van der Waals surface area (Å²) >= 11 is 5.07. The van der Waals surface area contributed by atoms with Crippen LogP contribution in [0.4, 0.5) is 5.82 Å². The Balaban J connectivity index is 1.80. The third-order valence-corrected chi connectivity index (χ3v) is 4.16. The molecule has 3 rings (SSSR count). The van der Waals surface area contributed by atoms with Gasteiger partial charge in [-0.05, 0) is 47.1 Å². The number of hydrogen-bond donors (Lipinski definition) is 1. The summed E-state index contributed by atoms with van der Waals surface area (Å²) in [4.78, 5) is 1.10. The van der Waals surface area contributed by atoms with E-state index in [0.29, 0.717) is 11.5 Å². The van der Waals surface area contributed by atoms with E-state index in [0.717, 1.165) is 14.4 Å². The molecule has 1 N–H and O–H groups in total. The number of nitrogens with zero attached hydrogens (tertiary/aromatic N) is 5. The van der Waals surface area contributed by atoms with Gasteiger partial charge in [0.05, 0.1) is 14.4 Å². The molecule has 0 aromatic carbocycles. The molecule has 0 spiro atoms. The molecule has 0 bridgehead atoms. The molecule has 19 heavy (non-hydrogen) atoms. The summed E-state index contributed by atoms with van der Waals surface area (Å²) in [7, 11) is 0. The smallest absolute Gasteiger partial charge is 0.177 e. The van der Waals surface area contributed by atoms with E-state index < -0.39 is 0 Å². The highest BCUT2D eigenvalue weighted by Crippen LogP contribution is 2.22. The molecule has 0 amide bonds. The van der Waals surface area contributed by atoms with Crippen LogP contribution in [0.25, 0.3) is 5.65 Å². The van der Waals surface area contributed by atoms with Crippen LogP contribution in [0.15, 0.2) is 39.5 Å². The summed E-state index contributed by atoms with van der Waals surface area (Å²) in [6.07, 6.45) is 1.55. The minimum atomic E-state index is 0.641. The molecule has 0 aliphatic heterocycles. The number of thiophene rings is 1. The first kappa shape index (κ1) is 12.2. The van der Waals surface area contributed by atoms with E-state index in [9.17, 15) is 0 Å². The minimum Gasteiger partial charge on any atom is -0.260 e. The number of halogens is 1. The fraction of sp³-hybridized carbons (Fsp3) is 0.0909. The number of rotatable bonds is 3. The largest absolute Gasteiger partial charge is 0.260 e. The van der Waals surface area contributed by atoms with Crippen LogP contribution in [0.3, 0.4) is 0 Å². The van der Waals surface area contributed by atoms with Crippen molar-refractivity contribution >= 4 is 44.4 Å². The first-order valence-electron chi connectivity index (χ1n) is 5.45. The number of hydrazone groups is 1. The molecule has 0 saturated heterocycles. The average Bonchev–Trinajstić information content (AvgIpc) is 3.03. The zero-order chi connectivity index (χ0) is 13.2. The van der Waals surface area contributed by atoms with E-state index in [1.165, 1.54) is 0 Å². The molecule has 3 aromatic rings. The number of hydrogen-bond acceptors (Lipinski definition) is 6. The highest BCUT2D eigenvalue weighted by Gasteiger charge is 2.02. The molecule has 3 aromatic heterocycles. The van der Waals surface area contributed by atoms with Gasteiger partial charge in [-0.2, -0.15) is 9.62 Å². The first-order valence-corrected chi connectivity index (χ1v) is 7.06. The van der Waals surface area contributed by atoms with Crippen molar-refractivity contribution in [1.29, 1.82) is 0 Å². The first-order chi connectivity index (χ1) is 9.22. The van der Waals surface area contributed by atoms with Crippen molar-refractivity contribution in [1.82, 2.24) is 19.8 Å². The maximum Gasteiger partial charge on any atom is 0.177 e. The van der Waals surface area contributed by atoms with Gasteiger partial charge in [-0.1, -0.05) is 0 Å². The molecule has 8 heteroatoms. The van der Waals surface area contributed by atoms with Gasteiger partial charge in [0.25, 0.3) is 0 Å². The van der Waals surface area contributed by atoms with Gasteiger partial charge in [0.15, 0.2) is 11.5 Å².